The lowest BCUT2D eigenvalue weighted by atomic mass is 10.1. The molecule has 2 fully saturated rings. The van der Waals surface area contributed by atoms with Gasteiger partial charge in [-0.3, -0.25) is 14.8 Å². The van der Waals surface area contributed by atoms with Crippen LogP contribution in [0.1, 0.15) is 18.9 Å². The number of methoxy groups -OCH3 is 1. The number of carbonyl (C=O) groups excluding carboxylic acids is 1. The number of amides is 1. The van der Waals surface area contributed by atoms with E-state index in [1.165, 1.54) is 5.56 Å². The third-order valence-electron chi connectivity index (χ3n) is 6.72. The molecular weight excluding hydrogens is 430 g/mol. The van der Waals surface area contributed by atoms with E-state index in [9.17, 15) is 4.79 Å². The minimum atomic E-state index is -0.264. The number of ether oxygens (including phenoxy) is 2. The minimum absolute atomic E-state index is 0.144. The highest BCUT2D eigenvalue weighted by atomic mass is 16.6. The predicted molar refractivity (Wildman–Crippen MR) is 133 cm³/mol. The number of aromatic nitrogens is 2. The lowest BCUT2D eigenvalue weighted by Gasteiger charge is -2.45. The maximum Gasteiger partial charge on any atom is 0.414 e. The van der Waals surface area contributed by atoms with Gasteiger partial charge < -0.3 is 14.4 Å². The van der Waals surface area contributed by atoms with Gasteiger partial charge in [-0.05, 0) is 43.3 Å². The summed E-state index contributed by atoms with van der Waals surface area (Å²) in [6, 6.07) is 14.4. The summed E-state index contributed by atoms with van der Waals surface area (Å²) in [5, 5.41) is 0. The number of fused-ring (bicyclic) bond motifs is 1. The van der Waals surface area contributed by atoms with Crippen LogP contribution in [0, 0.1) is 0 Å². The zero-order valence-electron chi connectivity index (χ0n) is 20.0. The monoisotopic (exact) mass is 461 g/mol. The smallest absolute Gasteiger partial charge is 0.414 e. The zero-order valence-corrected chi connectivity index (χ0v) is 20.0. The average molecular weight is 462 g/mol. The molecule has 8 heteroatoms. The van der Waals surface area contributed by atoms with Crippen molar-refractivity contribution in [2.75, 3.05) is 50.1 Å². The Morgan fingerprint density at radius 1 is 1.12 bits per heavy atom. The second-order valence-corrected chi connectivity index (χ2v) is 9.08. The van der Waals surface area contributed by atoms with Crippen LogP contribution < -0.4 is 14.5 Å². The van der Waals surface area contributed by atoms with Gasteiger partial charge in [-0.15, -0.1) is 0 Å². The van der Waals surface area contributed by atoms with Crippen molar-refractivity contribution in [3.05, 3.63) is 54.2 Å². The fourth-order valence-corrected chi connectivity index (χ4v) is 4.72. The number of rotatable bonds is 8. The zero-order chi connectivity index (χ0) is 23.7. The van der Waals surface area contributed by atoms with Crippen molar-refractivity contribution in [3.8, 4) is 5.88 Å². The summed E-state index contributed by atoms with van der Waals surface area (Å²) in [6.07, 6.45) is 3.58. The fraction of sp³-hybridized carbons (Fsp3) is 0.423. The Morgan fingerprint density at radius 2 is 1.91 bits per heavy atom. The van der Waals surface area contributed by atoms with E-state index in [1.54, 1.807) is 12.0 Å². The summed E-state index contributed by atoms with van der Waals surface area (Å²) in [5.41, 5.74) is 4.97. The molecule has 0 saturated carbocycles. The number of cyclic esters (lactones) is 1. The van der Waals surface area contributed by atoms with Crippen LogP contribution in [0.15, 0.2) is 48.7 Å². The van der Waals surface area contributed by atoms with Crippen LogP contribution in [-0.2, 0) is 11.2 Å². The Hall–Kier alpha value is -3.39. The van der Waals surface area contributed by atoms with Crippen molar-refractivity contribution in [2.45, 2.75) is 31.9 Å². The van der Waals surface area contributed by atoms with Crippen LogP contribution in [0.25, 0.3) is 11.0 Å². The molecule has 2 aromatic heterocycles. The highest BCUT2D eigenvalue weighted by molar-refractivity contribution is 5.90. The first-order valence-corrected chi connectivity index (χ1v) is 11.9. The molecule has 0 aliphatic carbocycles. The van der Waals surface area contributed by atoms with E-state index in [-0.39, 0.29) is 12.2 Å². The van der Waals surface area contributed by atoms with E-state index in [0.29, 0.717) is 25.0 Å². The third kappa shape index (κ3) is 4.37. The van der Waals surface area contributed by atoms with Crippen molar-refractivity contribution >= 4 is 28.5 Å². The van der Waals surface area contributed by atoms with E-state index in [4.69, 9.17) is 9.47 Å². The van der Waals surface area contributed by atoms with Crippen molar-refractivity contribution in [3.63, 3.8) is 0 Å². The van der Waals surface area contributed by atoms with Crippen LogP contribution >= 0.6 is 0 Å². The Kier molecular flexibility index (Phi) is 6.24. The van der Waals surface area contributed by atoms with Gasteiger partial charge in [-0.25, -0.2) is 9.78 Å². The maximum atomic E-state index is 12.5. The van der Waals surface area contributed by atoms with Crippen molar-refractivity contribution in [1.29, 1.82) is 0 Å². The minimum Gasteiger partial charge on any atom is -0.481 e. The van der Waals surface area contributed by atoms with E-state index in [2.05, 4.69) is 45.9 Å². The molecule has 0 unspecified atom stereocenters. The standard InChI is InChI=1S/C26H31N5O3/c1-4-5-18-6-8-19(9-7-18)31-17-21(34-26(31)32)16-29(2)20-14-30(15-20)23-12-13-27-22-10-11-24(33-3)28-25(22)23/h6-13,20-21H,4-5,14-17H2,1-3H3/t21-/m1/s1. The van der Waals surface area contributed by atoms with Gasteiger partial charge in [-0.1, -0.05) is 25.5 Å². The number of aryl methyl sites for hydroxylation is 1. The highest BCUT2D eigenvalue weighted by Crippen LogP contribution is 2.30. The average Bonchev–Trinajstić information content (AvgIpc) is 3.18. The topological polar surface area (TPSA) is 71.0 Å². The normalized spacial score (nSPS) is 18.5. The molecule has 1 aromatic carbocycles. The molecule has 1 amide bonds. The SMILES string of the molecule is CCCc1ccc(N2C[C@@H](CN(C)C3CN(c4ccnc5ccc(OC)nc45)C3)OC2=O)cc1. The molecule has 1 atom stereocenters. The number of hydrogen-bond acceptors (Lipinski definition) is 7. The Balaban J connectivity index is 1.18. The van der Waals surface area contributed by atoms with Crippen molar-refractivity contribution in [1.82, 2.24) is 14.9 Å². The number of benzene rings is 1. The van der Waals surface area contributed by atoms with Gasteiger partial charge in [0.25, 0.3) is 0 Å². The molecule has 4 heterocycles. The van der Waals surface area contributed by atoms with Crippen LogP contribution in [0.4, 0.5) is 16.2 Å². The molecule has 5 rings (SSSR count). The van der Waals surface area contributed by atoms with Gasteiger partial charge in [0.05, 0.1) is 24.9 Å². The molecule has 178 valence electrons. The van der Waals surface area contributed by atoms with Gasteiger partial charge >= 0.3 is 6.09 Å². The number of hydrogen-bond donors (Lipinski definition) is 0. The predicted octanol–water partition coefficient (Wildman–Crippen LogP) is 3.74. The summed E-state index contributed by atoms with van der Waals surface area (Å²) >= 11 is 0. The van der Waals surface area contributed by atoms with Crippen LogP contribution in [0.3, 0.4) is 0 Å². The second kappa shape index (κ2) is 9.46. The quantitative estimate of drug-likeness (QED) is 0.506. The largest absolute Gasteiger partial charge is 0.481 e. The van der Waals surface area contributed by atoms with Crippen molar-refractivity contribution in [2.24, 2.45) is 0 Å². The molecule has 0 spiro atoms. The Labute approximate surface area is 200 Å². The molecule has 2 aliphatic rings. The number of anilines is 2. The molecule has 8 nitrogen and oxygen atoms in total. The van der Waals surface area contributed by atoms with Crippen LogP contribution in [0.5, 0.6) is 5.88 Å². The molecule has 0 radical (unpaired) electrons. The van der Waals surface area contributed by atoms with E-state index >= 15 is 0 Å². The molecule has 0 N–H and O–H groups in total. The van der Waals surface area contributed by atoms with Crippen LogP contribution in [0.2, 0.25) is 0 Å². The van der Waals surface area contributed by atoms with Gasteiger partial charge in [0.15, 0.2) is 0 Å². The molecule has 2 aliphatic heterocycles. The summed E-state index contributed by atoms with van der Waals surface area (Å²) in [5.74, 6) is 0.587. The van der Waals surface area contributed by atoms with Gasteiger partial charge in [0, 0.05) is 43.6 Å². The van der Waals surface area contributed by atoms with Gasteiger partial charge in [0.1, 0.15) is 11.6 Å². The van der Waals surface area contributed by atoms with Gasteiger partial charge in [-0.2, -0.15) is 0 Å². The molecular formula is C26H31N5O3. The van der Waals surface area contributed by atoms with E-state index < -0.39 is 0 Å². The van der Waals surface area contributed by atoms with Gasteiger partial charge in [0.2, 0.25) is 5.88 Å². The second-order valence-electron chi connectivity index (χ2n) is 9.08. The third-order valence-corrected chi connectivity index (χ3v) is 6.72. The summed E-state index contributed by atoms with van der Waals surface area (Å²) in [6.45, 7) is 5.22. The maximum absolute atomic E-state index is 12.5. The molecule has 3 aromatic rings. The first-order chi connectivity index (χ1) is 16.6. The fourth-order valence-electron chi connectivity index (χ4n) is 4.72. The van der Waals surface area contributed by atoms with E-state index in [0.717, 1.165) is 48.3 Å². The molecule has 34 heavy (non-hydrogen) atoms. The Bertz CT molecular complexity index is 1160. The summed E-state index contributed by atoms with van der Waals surface area (Å²) < 4.78 is 11.0. The van der Waals surface area contributed by atoms with Crippen molar-refractivity contribution < 1.29 is 14.3 Å². The van der Waals surface area contributed by atoms with E-state index in [1.807, 2.05) is 36.5 Å². The summed E-state index contributed by atoms with van der Waals surface area (Å²) in [7, 11) is 3.72. The number of carbonyl (C=O) groups is 1. The summed E-state index contributed by atoms with van der Waals surface area (Å²) in [4.78, 5) is 27.9. The lowest BCUT2D eigenvalue weighted by molar-refractivity contribution is 0.0957. The number of nitrogens with zero attached hydrogens (tertiary/aromatic N) is 5. The highest BCUT2D eigenvalue weighted by Gasteiger charge is 2.37. The number of pyridine rings is 2. The Morgan fingerprint density at radius 3 is 2.65 bits per heavy atom. The number of likely N-dealkylation sites (N-methyl/N-ethyl adjacent to an activating group) is 1. The van der Waals surface area contributed by atoms with Crippen LogP contribution in [-0.4, -0.2) is 73.4 Å². The first-order valence-electron chi connectivity index (χ1n) is 11.9. The molecule has 2 saturated heterocycles. The first kappa shape index (κ1) is 22.4. The lowest BCUT2D eigenvalue weighted by Crippen LogP contribution is -2.59. The molecule has 0 bridgehead atoms.